The molecular weight excluding hydrogens is 256 g/mol. The van der Waals surface area contributed by atoms with Gasteiger partial charge in [0.05, 0.1) is 6.10 Å². The second-order valence-electron chi connectivity index (χ2n) is 5.34. The van der Waals surface area contributed by atoms with Crippen LogP contribution in [0.2, 0.25) is 0 Å². The molecule has 2 rings (SSSR count). The van der Waals surface area contributed by atoms with Crippen molar-refractivity contribution in [3.05, 3.63) is 29.8 Å². The van der Waals surface area contributed by atoms with Gasteiger partial charge in [-0.05, 0) is 43.4 Å². The zero-order chi connectivity index (χ0) is 14.5. The highest BCUT2D eigenvalue weighted by Gasteiger charge is 2.22. The first-order chi connectivity index (χ1) is 9.60. The first-order valence-electron chi connectivity index (χ1n) is 7.05. The van der Waals surface area contributed by atoms with E-state index in [1.165, 1.54) is 0 Å². The zero-order valence-corrected chi connectivity index (χ0v) is 11.7. The Morgan fingerprint density at radius 3 is 2.45 bits per heavy atom. The zero-order valence-electron chi connectivity index (χ0n) is 11.7. The number of hydrogen-bond donors (Lipinski definition) is 3. The molecule has 1 aliphatic heterocycles. The van der Waals surface area contributed by atoms with Crippen LogP contribution in [0.5, 0.6) is 0 Å². The molecule has 1 aliphatic rings. The number of carbonyl (C=O) groups excluding carboxylic acids is 1. The fourth-order valence-electron chi connectivity index (χ4n) is 2.37. The van der Waals surface area contributed by atoms with Crippen LogP contribution < -0.4 is 5.32 Å². The van der Waals surface area contributed by atoms with E-state index in [4.69, 9.17) is 5.11 Å². The quantitative estimate of drug-likeness (QED) is 0.791. The van der Waals surface area contributed by atoms with Gasteiger partial charge in [0.25, 0.3) is 0 Å². The second-order valence-corrected chi connectivity index (χ2v) is 5.34. The maximum Gasteiger partial charge on any atom is 0.321 e. The molecule has 0 aromatic heterocycles. The van der Waals surface area contributed by atoms with E-state index in [0.717, 1.165) is 24.1 Å². The van der Waals surface area contributed by atoms with Crippen molar-refractivity contribution < 1.29 is 15.0 Å². The van der Waals surface area contributed by atoms with Crippen LogP contribution >= 0.6 is 0 Å². The maximum absolute atomic E-state index is 12.1. The SMILES string of the molecule is CC(O)c1ccc(NC(=O)N2CCC(CO)CC2)cc1. The van der Waals surface area contributed by atoms with Crippen molar-refractivity contribution in [2.45, 2.75) is 25.9 Å². The van der Waals surface area contributed by atoms with Crippen LogP contribution in [0.25, 0.3) is 0 Å². The lowest BCUT2D eigenvalue weighted by atomic mass is 9.98. The molecule has 5 heteroatoms. The third kappa shape index (κ3) is 3.71. The first-order valence-corrected chi connectivity index (χ1v) is 7.05. The highest BCUT2D eigenvalue weighted by atomic mass is 16.3. The Hall–Kier alpha value is -1.59. The summed E-state index contributed by atoms with van der Waals surface area (Å²) in [7, 11) is 0. The fourth-order valence-corrected chi connectivity index (χ4v) is 2.37. The fraction of sp³-hybridized carbons (Fsp3) is 0.533. The van der Waals surface area contributed by atoms with Gasteiger partial charge in [-0.25, -0.2) is 4.79 Å². The van der Waals surface area contributed by atoms with E-state index >= 15 is 0 Å². The van der Waals surface area contributed by atoms with Gasteiger partial charge in [-0.3, -0.25) is 0 Å². The summed E-state index contributed by atoms with van der Waals surface area (Å²) in [6.45, 7) is 3.28. The molecule has 1 heterocycles. The predicted octanol–water partition coefficient (Wildman–Crippen LogP) is 1.98. The summed E-state index contributed by atoms with van der Waals surface area (Å²) in [4.78, 5) is 13.9. The molecule has 0 aliphatic carbocycles. The van der Waals surface area contributed by atoms with Gasteiger partial charge in [0.15, 0.2) is 0 Å². The van der Waals surface area contributed by atoms with E-state index < -0.39 is 6.10 Å². The van der Waals surface area contributed by atoms with E-state index in [0.29, 0.717) is 19.0 Å². The first kappa shape index (κ1) is 14.8. The number of aliphatic hydroxyl groups excluding tert-OH is 2. The molecule has 5 nitrogen and oxygen atoms in total. The Morgan fingerprint density at radius 1 is 1.35 bits per heavy atom. The van der Waals surface area contributed by atoms with Gasteiger partial charge < -0.3 is 20.4 Å². The summed E-state index contributed by atoms with van der Waals surface area (Å²) in [5, 5.41) is 21.4. The van der Waals surface area contributed by atoms with Crippen molar-refractivity contribution in [2.24, 2.45) is 5.92 Å². The summed E-state index contributed by atoms with van der Waals surface area (Å²) >= 11 is 0. The molecule has 20 heavy (non-hydrogen) atoms. The number of piperidine rings is 1. The van der Waals surface area contributed by atoms with Gasteiger partial charge in [-0.1, -0.05) is 12.1 Å². The third-order valence-corrected chi connectivity index (χ3v) is 3.80. The predicted molar refractivity (Wildman–Crippen MR) is 77.5 cm³/mol. The molecule has 1 aromatic carbocycles. The van der Waals surface area contributed by atoms with Crippen LogP contribution in [0.1, 0.15) is 31.4 Å². The van der Waals surface area contributed by atoms with Gasteiger partial charge in [-0.15, -0.1) is 0 Å². The Bertz CT molecular complexity index is 437. The summed E-state index contributed by atoms with van der Waals surface area (Å²) in [5.41, 5.74) is 1.55. The van der Waals surface area contributed by atoms with E-state index in [9.17, 15) is 9.90 Å². The van der Waals surface area contributed by atoms with E-state index in [1.54, 1.807) is 36.1 Å². The van der Waals surface area contributed by atoms with E-state index in [-0.39, 0.29) is 12.6 Å². The molecule has 110 valence electrons. The standard InChI is InChI=1S/C15H22N2O3/c1-11(19)13-2-4-14(5-3-13)16-15(20)17-8-6-12(10-18)7-9-17/h2-5,11-12,18-19H,6-10H2,1H3,(H,16,20). The minimum Gasteiger partial charge on any atom is -0.396 e. The average molecular weight is 278 g/mol. The van der Waals surface area contributed by atoms with Gasteiger partial charge in [0.1, 0.15) is 0 Å². The lowest BCUT2D eigenvalue weighted by Crippen LogP contribution is -2.41. The molecule has 0 bridgehead atoms. The molecule has 0 radical (unpaired) electrons. The van der Waals surface area contributed by atoms with Gasteiger partial charge >= 0.3 is 6.03 Å². The number of rotatable bonds is 3. The topological polar surface area (TPSA) is 72.8 Å². The van der Waals surface area contributed by atoms with Crippen molar-refractivity contribution in [1.29, 1.82) is 0 Å². The van der Waals surface area contributed by atoms with Crippen molar-refractivity contribution in [2.75, 3.05) is 25.0 Å². The van der Waals surface area contributed by atoms with Crippen LogP contribution in [0.4, 0.5) is 10.5 Å². The summed E-state index contributed by atoms with van der Waals surface area (Å²) in [6.07, 6.45) is 1.20. The Balaban J connectivity index is 1.88. The number of hydrogen-bond acceptors (Lipinski definition) is 3. The molecule has 3 N–H and O–H groups in total. The number of carbonyl (C=O) groups is 1. The van der Waals surface area contributed by atoms with Crippen molar-refractivity contribution in [1.82, 2.24) is 4.90 Å². The highest BCUT2D eigenvalue weighted by Crippen LogP contribution is 2.19. The van der Waals surface area contributed by atoms with Gasteiger partial charge in [0, 0.05) is 25.4 Å². The lowest BCUT2D eigenvalue weighted by Gasteiger charge is -2.31. The molecule has 0 saturated carbocycles. The van der Waals surface area contributed by atoms with Crippen LogP contribution in [0.3, 0.4) is 0 Å². The average Bonchev–Trinajstić information content (AvgIpc) is 2.48. The van der Waals surface area contributed by atoms with Crippen molar-refractivity contribution >= 4 is 11.7 Å². The summed E-state index contributed by atoms with van der Waals surface area (Å²) in [5.74, 6) is 0.323. The molecule has 1 unspecified atom stereocenters. The minimum absolute atomic E-state index is 0.105. The van der Waals surface area contributed by atoms with Crippen molar-refractivity contribution in [3.63, 3.8) is 0 Å². The molecular formula is C15H22N2O3. The van der Waals surface area contributed by atoms with Crippen LogP contribution in [0, 0.1) is 5.92 Å². The number of nitrogens with zero attached hydrogens (tertiary/aromatic N) is 1. The number of likely N-dealkylation sites (tertiary alicyclic amines) is 1. The number of benzene rings is 1. The Labute approximate surface area is 119 Å². The summed E-state index contributed by atoms with van der Waals surface area (Å²) < 4.78 is 0. The Morgan fingerprint density at radius 2 is 1.95 bits per heavy atom. The lowest BCUT2D eigenvalue weighted by molar-refractivity contribution is 0.143. The summed E-state index contributed by atoms with van der Waals surface area (Å²) in [6, 6.07) is 7.09. The highest BCUT2D eigenvalue weighted by molar-refractivity contribution is 5.89. The smallest absolute Gasteiger partial charge is 0.321 e. The molecule has 1 fully saturated rings. The van der Waals surface area contributed by atoms with E-state index in [2.05, 4.69) is 5.32 Å². The Kier molecular flexibility index (Phi) is 4.98. The van der Waals surface area contributed by atoms with E-state index in [1.807, 2.05) is 0 Å². The van der Waals surface area contributed by atoms with Crippen molar-refractivity contribution in [3.8, 4) is 0 Å². The largest absolute Gasteiger partial charge is 0.396 e. The van der Waals surface area contributed by atoms with Crippen LogP contribution in [-0.4, -0.2) is 40.8 Å². The molecule has 1 aromatic rings. The molecule has 2 amide bonds. The third-order valence-electron chi connectivity index (χ3n) is 3.80. The molecule has 0 spiro atoms. The molecule has 1 atom stereocenters. The number of urea groups is 1. The van der Waals surface area contributed by atoms with Crippen LogP contribution in [0.15, 0.2) is 24.3 Å². The number of aliphatic hydroxyl groups is 2. The van der Waals surface area contributed by atoms with Gasteiger partial charge in [0.2, 0.25) is 0 Å². The monoisotopic (exact) mass is 278 g/mol. The van der Waals surface area contributed by atoms with Crippen LogP contribution in [-0.2, 0) is 0 Å². The normalized spacial score (nSPS) is 17.9. The number of anilines is 1. The van der Waals surface area contributed by atoms with Gasteiger partial charge in [-0.2, -0.15) is 0 Å². The molecule has 1 saturated heterocycles. The minimum atomic E-state index is -0.503. The number of nitrogens with one attached hydrogen (secondary N) is 1. The number of amides is 2. The maximum atomic E-state index is 12.1. The second kappa shape index (κ2) is 6.72.